The summed E-state index contributed by atoms with van der Waals surface area (Å²) in [4.78, 5) is 11.3. The molecule has 4 aromatic rings. The maximum Gasteiger partial charge on any atom is 0.298 e. The van der Waals surface area contributed by atoms with Crippen LogP contribution in [0.5, 0.6) is 0 Å². The van der Waals surface area contributed by atoms with Gasteiger partial charge in [-0.15, -0.1) is 0 Å². The van der Waals surface area contributed by atoms with Crippen LogP contribution in [0.1, 0.15) is 57.1 Å². The average molecular weight is 513 g/mol. The summed E-state index contributed by atoms with van der Waals surface area (Å²) in [5, 5.41) is 11.9. The lowest BCUT2D eigenvalue weighted by Crippen LogP contribution is -2.54. The Hall–Kier alpha value is -3.45. The third-order valence-corrected chi connectivity index (χ3v) is 9.48. The molecular formula is C31H33FN4O2. The van der Waals surface area contributed by atoms with Gasteiger partial charge >= 0.3 is 0 Å². The van der Waals surface area contributed by atoms with Gasteiger partial charge < -0.3 is 19.0 Å². The molecule has 3 aliphatic rings. The zero-order chi connectivity index (χ0) is 25.9. The van der Waals surface area contributed by atoms with E-state index in [0.29, 0.717) is 23.9 Å². The maximum atomic E-state index is 15.1. The molecule has 5 atom stereocenters. The van der Waals surface area contributed by atoms with Crippen molar-refractivity contribution in [1.82, 2.24) is 14.5 Å². The van der Waals surface area contributed by atoms with Gasteiger partial charge in [0.2, 0.25) is 0 Å². The summed E-state index contributed by atoms with van der Waals surface area (Å²) < 4.78 is 23.4. The van der Waals surface area contributed by atoms with Gasteiger partial charge in [0.1, 0.15) is 5.82 Å². The van der Waals surface area contributed by atoms with E-state index < -0.39 is 6.10 Å². The lowest BCUT2D eigenvalue weighted by atomic mass is 9.60. The Balaban J connectivity index is 1.15. The van der Waals surface area contributed by atoms with Crippen LogP contribution in [0.2, 0.25) is 0 Å². The number of hydrogen-bond donors (Lipinski definition) is 1. The summed E-state index contributed by atoms with van der Waals surface area (Å²) in [6, 6.07) is 16.0. The Bertz CT molecular complexity index is 1450. The monoisotopic (exact) mass is 512 g/mol. The first kappa shape index (κ1) is 23.7. The molecule has 0 amide bonds. The number of piperidine rings is 1. The molecule has 196 valence electrons. The van der Waals surface area contributed by atoms with Crippen molar-refractivity contribution >= 4 is 6.01 Å². The Labute approximate surface area is 222 Å². The first-order chi connectivity index (χ1) is 18.6. The topological polar surface area (TPSA) is 67.3 Å². The van der Waals surface area contributed by atoms with Gasteiger partial charge in [-0.25, -0.2) is 14.4 Å². The van der Waals surface area contributed by atoms with Crippen molar-refractivity contribution in [1.29, 1.82) is 0 Å². The molecule has 2 aromatic carbocycles. The van der Waals surface area contributed by atoms with Gasteiger partial charge in [-0.2, -0.15) is 0 Å². The number of nitrogens with zero attached hydrogens (tertiary/aromatic N) is 4. The Morgan fingerprint density at radius 3 is 2.84 bits per heavy atom. The number of benzene rings is 2. The highest BCUT2D eigenvalue weighted by Gasteiger charge is 2.49. The van der Waals surface area contributed by atoms with Crippen LogP contribution in [-0.2, 0) is 0 Å². The summed E-state index contributed by atoms with van der Waals surface area (Å²) in [7, 11) is 0. The van der Waals surface area contributed by atoms with E-state index in [2.05, 4.69) is 21.8 Å². The van der Waals surface area contributed by atoms with Gasteiger partial charge in [0.15, 0.2) is 5.76 Å². The predicted molar refractivity (Wildman–Crippen MR) is 144 cm³/mol. The van der Waals surface area contributed by atoms with Crippen LogP contribution in [0.3, 0.4) is 0 Å². The number of fused-ring (bicyclic) bond motifs is 5. The third-order valence-electron chi connectivity index (χ3n) is 9.48. The molecule has 7 rings (SSSR count). The standard InChI is InChI=1S/C31H33FN4O2/c1-2-31(28(37)14-25-29-23(9-6-10-24(29)32)26-17-33-19-36(25)26)15-20-11-12-35(22(13-20)16-31)30-34-18-27(38-30)21-7-4-3-5-8-21/h3-10,17-20,22,25,28,37H,2,11-16H2,1H3. The number of aromatic nitrogens is 3. The predicted octanol–water partition coefficient (Wildman–Crippen LogP) is 6.47. The molecule has 0 spiro atoms. The van der Waals surface area contributed by atoms with Crippen LogP contribution < -0.4 is 4.90 Å². The molecule has 4 heterocycles. The van der Waals surface area contributed by atoms with Crippen LogP contribution in [0.4, 0.5) is 10.4 Å². The minimum atomic E-state index is -0.562. The Morgan fingerprint density at radius 2 is 2.00 bits per heavy atom. The molecule has 2 aliphatic heterocycles. The van der Waals surface area contributed by atoms with Crippen LogP contribution in [-0.4, -0.2) is 38.3 Å². The fourth-order valence-corrected chi connectivity index (χ4v) is 7.51. The number of aliphatic hydroxyl groups is 1. The van der Waals surface area contributed by atoms with Crippen LogP contribution in [0.25, 0.3) is 22.6 Å². The lowest BCUT2D eigenvalue weighted by molar-refractivity contribution is -0.0456. The molecule has 2 bridgehead atoms. The molecular weight excluding hydrogens is 479 g/mol. The summed E-state index contributed by atoms with van der Waals surface area (Å²) in [6.07, 6.45) is 10.2. The van der Waals surface area contributed by atoms with Crippen LogP contribution >= 0.6 is 0 Å². The van der Waals surface area contributed by atoms with E-state index in [1.807, 2.05) is 47.2 Å². The van der Waals surface area contributed by atoms with Crippen LogP contribution in [0, 0.1) is 17.2 Å². The van der Waals surface area contributed by atoms with E-state index in [0.717, 1.165) is 61.2 Å². The minimum Gasteiger partial charge on any atom is -0.423 e. The number of hydrogen-bond acceptors (Lipinski definition) is 5. The zero-order valence-corrected chi connectivity index (χ0v) is 21.6. The molecule has 2 fully saturated rings. The van der Waals surface area contributed by atoms with Crippen molar-refractivity contribution in [2.45, 2.75) is 63.6 Å². The van der Waals surface area contributed by atoms with Crippen molar-refractivity contribution in [2.75, 3.05) is 11.4 Å². The maximum absolute atomic E-state index is 15.1. The summed E-state index contributed by atoms with van der Waals surface area (Å²) in [5.41, 5.74) is 3.27. The third kappa shape index (κ3) is 3.70. The zero-order valence-electron chi connectivity index (χ0n) is 21.6. The highest BCUT2D eigenvalue weighted by molar-refractivity contribution is 5.69. The van der Waals surface area contributed by atoms with E-state index in [1.165, 1.54) is 6.07 Å². The minimum absolute atomic E-state index is 0.209. The molecule has 1 aliphatic carbocycles. The van der Waals surface area contributed by atoms with Gasteiger partial charge in [0, 0.05) is 29.3 Å². The fraction of sp³-hybridized carbons (Fsp3) is 0.419. The summed E-state index contributed by atoms with van der Waals surface area (Å²) in [6.45, 7) is 3.11. The Morgan fingerprint density at radius 1 is 1.13 bits per heavy atom. The normalized spacial score (nSPS) is 26.7. The van der Waals surface area contributed by atoms with Crippen molar-refractivity contribution in [3.05, 3.63) is 78.6 Å². The summed E-state index contributed by atoms with van der Waals surface area (Å²) in [5.74, 6) is 1.12. The van der Waals surface area contributed by atoms with Crippen molar-refractivity contribution < 1.29 is 13.9 Å². The molecule has 2 aromatic heterocycles. The number of rotatable bonds is 6. The Kier molecular flexibility index (Phi) is 5.65. The molecule has 5 unspecified atom stereocenters. The molecule has 6 nitrogen and oxygen atoms in total. The van der Waals surface area contributed by atoms with E-state index in [9.17, 15) is 5.11 Å². The molecule has 1 saturated carbocycles. The molecule has 38 heavy (non-hydrogen) atoms. The smallest absolute Gasteiger partial charge is 0.298 e. The first-order valence-electron chi connectivity index (χ1n) is 13.8. The first-order valence-corrected chi connectivity index (χ1v) is 13.8. The summed E-state index contributed by atoms with van der Waals surface area (Å²) >= 11 is 0. The van der Waals surface area contributed by atoms with Gasteiger partial charge in [-0.1, -0.05) is 49.4 Å². The second-order valence-corrected chi connectivity index (χ2v) is 11.4. The van der Waals surface area contributed by atoms with Crippen molar-refractivity contribution in [2.24, 2.45) is 11.3 Å². The second-order valence-electron chi connectivity index (χ2n) is 11.4. The highest BCUT2D eigenvalue weighted by atomic mass is 19.1. The van der Waals surface area contributed by atoms with Crippen LogP contribution in [0.15, 0.2) is 71.7 Å². The largest absolute Gasteiger partial charge is 0.423 e. The quantitative estimate of drug-likeness (QED) is 0.321. The van der Waals surface area contributed by atoms with Gasteiger partial charge in [0.25, 0.3) is 6.01 Å². The molecule has 1 saturated heterocycles. The molecule has 1 N–H and O–H groups in total. The number of anilines is 1. The number of imidazole rings is 1. The van der Waals surface area contributed by atoms with Crippen molar-refractivity contribution in [3.8, 4) is 22.6 Å². The van der Waals surface area contributed by atoms with Crippen molar-refractivity contribution in [3.63, 3.8) is 0 Å². The van der Waals surface area contributed by atoms with Gasteiger partial charge in [-0.05, 0) is 55.9 Å². The highest BCUT2D eigenvalue weighted by Crippen LogP contribution is 2.53. The van der Waals surface area contributed by atoms with E-state index in [4.69, 9.17) is 4.42 Å². The number of halogens is 1. The molecule has 0 radical (unpaired) electrons. The lowest BCUT2D eigenvalue weighted by Gasteiger charge is -2.53. The SMILES string of the molecule is CCC1(C(O)CC2c3c(F)cccc3-c3cncn32)CC2CCN(c3ncc(-c4ccccc4)o3)C(C2)C1. The average Bonchev–Trinajstić information content (AvgIpc) is 3.68. The fourth-order valence-electron chi connectivity index (χ4n) is 7.51. The van der Waals surface area contributed by atoms with E-state index >= 15 is 4.39 Å². The number of aliphatic hydroxyl groups excluding tert-OH is 1. The number of oxazole rings is 1. The van der Waals surface area contributed by atoms with E-state index in [-0.39, 0.29) is 23.3 Å². The van der Waals surface area contributed by atoms with Gasteiger partial charge in [-0.3, -0.25) is 0 Å². The van der Waals surface area contributed by atoms with E-state index in [1.54, 1.807) is 18.6 Å². The van der Waals surface area contributed by atoms with Gasteiger partial charge in [0.05, 0.1) is 36.6 Å². The molecule has 7 heteroatoms. The second kappa shape index (κ2) is 9.09.